The second-order valence-corrected chi connectivity index (χ2v) is 10.4. The van der Waals surface area contributed by atoms with Gasteiger partial charge in [-0.2, -0.15) is 0 Å². The summed E-state index contributed by atoms with van der Waals surface area (Å²) in [5, 5.41) is 14.8. The van der Waals surface area contributed by atoms with Crippen LogP contribution in [0.2, 0.25) is 0 Å². The summed E-state index contributed by atoms with van der Waals surface area (Å²) in [7, 11) is 0. The van der Waals surface area contributed by atoms with E-state index in [1.54, 1.807) is 36.7 Å². The van der Waals surface area contributed by atoms with E-state index in [1.165, 1.54) is 11.8 Å². The lowest BCUT2D eigenvalue weighted by Gasteiger charge is -2.25. The maximum atomic E-state index is 12.9. The number of aliphatic hydroxyl groups is 1. The van der Waals surface area contributed by atoms with Crippen molar-refractivity contribution in [2.75, 3.05) is 13.2 Å². The first-order chi connectivity index (χ1) is 15.1. The highest BCUT2D eigenvalue weighted by atomic mass is 32.2. The van der Waals surface area contributed by atoms with Crippen LogP contribution in [0.4, 0.5) is 0 Å². The van der Waals surface area contributed by atoms with Crippen molar-refractivity contribution in [3.8, 4) is 5.75 Å². The molecular weight excluding hydrogens is 426 g/mol. The van der Waals surface area contributed by atoms with E-state index < -0.39 is 5.41 Å². The molecule has 1 saturated carbocycles. The maximum Gasteiger partial charge on any atom is 0.255 e. The Morgan fingerprint density at radius 1 is 1.25 bits per heavy atom. The van der Waals surface area contributed by atoms with Crippen LogP contribution in [-0.2, 0) is 10.2 Å². The predicted molar refractivity (Wildman–Crippen MR) is 125 cm³/mol. The first-order valence-electron chi connectivity index (χ1n) is 10.7. The lowest BCUT2D eigenvalue weighted by Crippen LogP contribution is -2.46. The highest BCUT2D eigenvalue weighted by Gasteiger charge is 2.52. The number of amides is 2. The molecule has 1 aromatic carbocycles. The molecule has 3 N–H and O–H groups in total. The molecule has 1 aromatic heterocycles. The zero-order valence-corrected chi connectivity index (χ0v) is 19.8. The maximum absolute atomic E-state index is 12.9. The number of nitrogens with zero attached hydrogens (tertiary/aromatic N) is 1. The molecule has 0 bridgehead atoms. The van der Waals surface area contributed by atoms with E-state index >= 15 is 0 Å². The van der Waals surface area contributed by atoms with E-state index in [4.69, 9.17) is 9.84 Å². The van der Waals surface area contributed by atoms with Crippen molar-refractivity contribution < 1.29 is 19.4 Å². The van der Waals surface area contributed by atoms with Crippen LogP contribution < -0.4 is 15.4 Å². The summed E-state index contributed by atoms with van der Waals surface area (Å²) >= 11 is 1.47. The zero-order valence-electron chi connectivity index (χ0n) is 19.0. The topological polar surface area (TPSA) is 101 Å². The van der Waals surface area contributed by atoms with E-state index in [0.717, 1.165) is 23.3 Å². The van der Waals surface area contributed by atoms with Gasteiger partial charge >= 0.3 is 0 Å². The number of ether oxygens (including phenoxy) is 1. The fourth-order valence-corrected chi connectivity index (χ4v) is 4.30. The minimum atomic E-state index is -0.508. The van der Waals surface area contributed by atoms with E-state index in [2.05, 4.69) is 15.6 Å². The Labute approximate surface area is 193 Å². The molecule has 1 aliphatic carbocycles. The molecule has 1 aliphatic rings. The summed E-state index contributed by atoms with van der Waals surface area (Å²) in [6.07, 6.45) is 5.12. The number of aliphatic hydroxyl groups excluding tert-OH is 1. The average Bonchev–Trinajstić information content (AvgIpc) is 3.53. The summed E-state index contributed by atoms with van der Waals surface area (Å²) < 4.78 is 5.46. The standard InChI is InChI=1S/C24H31N3O4S/c1-16(26-21(29)19-7-5-6-8-20(19)31-12-11-28)32-18-13-17(14-25-15-18)24(9-10-24)22(30)27-23(2,3)4/h5-8,13-16,28H,9-12H2,1-4H3,(H,26,29)(H,27,30). The summed E-state index contributed by atoms with van der Waals surface area (Å²) in [6.45, 7) is 7.82. The number of pyridine rings is 1. The second kappa shape index (κ2) is 9.92. The van der Waals surface area contributed by atoms with Crippen LogP contribution in [-0.4, -0.2) is 46.0 Å². The van der Waals surface area contributed by atoms with Gasteiger partial charge < -0.3 is 20.5 Å². The summed E-state index contributed by atoms with van der Waals surface area (Å²) in [5.41, 5.74) is 0.524. The largest absolute Gasteiger partial charge is 0.490 e. The van der Waals surface area contributed by atoms with Gasteiger partial charge in [-0.05, 0) is 64.3 Å². The third-order valence-electron chi connectivity index (χ3n) is 5.07. The number of rotatable bonds is 9. The molecule has 0 radical (unpaired) electrons. The highest BCUT2D eigenvalue weighted by Crippen LogP contribution is 2.49. The van der Waals surface area contributed by atoms with Crippen LogP contribution in [0.15, 0.2) is 47.6 Å². The second-order valence-electron chi connectivity index (χ2n) is 9.00. The number of aromatic nitrogens is 1. The summed E-state index contributed by atoms with van der Waals surface area (Å²) in [4.78, 5) is 30.8. The Balaban J connectivity index is 1.66. The van der Waals surface area contributed by atoms with Crippen LogP contribution in [0.3, 0.4) is 0 Å². The van der Waals surface area contributed by atoms with Crippen molar-refractivity contribution in [3.05, 3.63) is 53.9 Å². The molecule has 0 spiro atoms. The van der Waals surface area contributed by atoms with Crippen molar-refractivity contribution in [2.45, 2.75) is 61.8 Å². The molecule has 0 saturated heterocycles. The molecule has 8 heteroatoms. The van der Waals surface area contributed by atoms with Crippen LogP contribution in [0.25, 0.3) is 0 Å². The Morgan fingerprint density at radius 3 is 2.62 bits per heavy atom. The van der Waals surface area contributed by atoms with Gasteiger partial charge in [-0.1, -0.05) is 23.9 Å². The van der Waals surface area contributed by atoms with Crippen molar-refractivity contribution >= 4 is 23.6 Å². The Kier molecular flexibility index (Phi) is 7.46. The van der Waals surface area contributed by atoms with Gasteiger partial charge in [0.2, 0.25) is 5.91 Å². The van der Waals surface area contributed by atoms with Crippen LogP contribution in [0, 0.1) is 0 Å². The molecule has 1 heterocycles. The number of carbonyl (C=O) groups is 2. The number of hydrogen-bond donors (Lipinski definition) is 3. The fraction of sp³-hybridized carbons (Fsp3) is 0.458. The number of carbonyl (C=O) groups excluding carboxylic acids is 2. The van der Waals surface area contributed by atoms with Gasteiger partial charge in [0, 0.05) is 22.8 Å². The molecule has 1 fully saturated rings. The van der Waals surface area contributed by atoms with Crippen LogP contribution in [0.5, 0.6) is 5.75 Å². The van der Waals surface area contributed by atoms with Crippen molar-refractivity contribution in [1.82, 2.24) is 15.6 Å². The third kappa shape index (κ3) is 6.01. The third-order valence-corrected chi connectivity index (χ3v) is 6.03. The number of nitrogens with one attached hydrogen (secondary N) is 2. The molecule has 172 valence electrons. The fourth-order valence-electron chi connectivity index (χ4n) is 3.41. The van der Waals surface area contributed by atoms with E-state index in [0.29, 0.717) is 11.3 Å². The Bertz CT molecular complexity index is 970. The number of hydrogen-bond acceptors (Lipinski definition) is 6. The van der Waals surface area contributed by atoms with Gasteiger partial charge in [0.05, 0.1) is 23.0 Å². The SMILES string of the molecule is CC(NC(=O)c1ccccc1OCCO)Sc1cncc(C2(C(=O)NC(C)(C)C)CC2)c1. The Morgan fingerprint density at radius 2 is 1.97 bits per heavy atom. The predicted octanol–water partition coefficient (Wildman–Crippen LogP) is 3.27. The van der Waals surface area contributed by atoms with Gasteiger partial charge in [-0.25, -0.2) is 0 Å². The molecule has 1 unspecified atom stereocenters. The van der Waals surface area contributed by atoms with Gasteiger partial charge in [-0.15, -0.1) is 0 Å². The Hall–Kier alpha value is -2.58. The molecular formula is C24H31N3O4S. The van der Waals surface area contributed by atoms with Crippen molar-refractivity contribution in [1.29, 1.82) is 0 Å². The summed E-state index contributed by atoms with van der Waals surface area (Å²) in [5.74, 6) is 0.209. The first-order valence-corrected chi connectivity index (χ1v) is 11.6. The van der Waals surface area contributed by atoms with Crippen molar-refractivity contribution in [3.63, 3.8) is 0 Å². The van der Waals surface area contributed by atoms with E-state index in [1.807, 2.05) is 33.8 Å². The molecule has 1 atom stereocenters. The molecule has 3 rings (SSSR count). The smallest absolute Gasteiger partial charge is 0.255 e. The zero-order chi connectivity index (χ0) is 23.4. The molecule has 2 amide bonds. The van der Waals surface area contributed by atoms with E-state index in [9.17, 15) is 9.59 Å². The monoisotopic (exact) mass is 457 g/mol. The van der Waals surface area contributed by atoms with Gasteiger partial charge in [0.25, 0.3) is 5.91 Å². The van der Waals surface area contributed by atoms with Gasteiger partial charge in [-0.3, -0.25) is 14.6 Å². The number of benzene rings is 1. The molecule has 7 nitrogen and oxygen atoms in total. The highest BCUT2D eigenvalue weighted by molar-refractivity contribution is 7.99. The lowest BCUT2D eigenvalue weighted by atomic mass is 9.95. The van der Waals surface area contributed by atoms with Crippen LogP contribution in [0.1, 0.15) is 56.5 Å². The molecule has 2 aromatic rings. The molecule has 32 heavy (non-hydrogen) atoms. The number of para-hydroxylation sites is 1. The van der Waals surface area contributed by atoms with Crippen LogP contribution >= 0.6 is 11.8 Å². The van der Waals surface area contributed by atoms with Gasteiger partial charge in [0.15, 0.2) is 0 Å². The minimum absolute atomic E-state index is 0.0368. The molecule has 0 aliphatic heterocycles. The van der Waals surface area contributed by atoms with Gasteiger partial charge in [0.1, 0.15) is 12.4 Å². The summed E-state index contributed by atoms with van der Waals surface area (Å²) in [6, 6.07) is 8.93. The average molecular weight is 458 g/mol. The quantitative estimate of drug-likeness (QED) is 0.395. The lowest BCUT2D eigenvalue weighted by molar-refractivity contribution is -0.125. The van der Waals surface area contributed by atoms with Crippen molar-refractivity contribution in [2.24, 2.45) is 0 Å². The minimum Gasteiger partial charge on any atom is -0.490 e. The van der Waals surface area contributed by atoms with E-state index in [-0.39, 0.29) is 35.9 Å². The normalized spacial score (nSPS) is 15.5. The number of thioether (sulfide) groups is 1. The first kappa shape index (κ1) is 24.1.